The lowest BCUT2D eigenvalue weighted by molar-refractivity contribution is -0.117. The number of nitrogens with one attached hydrogen (secondary N) is 2. The zero-order valence-corrected chi connectivity index (χ0v) is 13.8. The third-order valence-electron chi connectivity index (χ3n) is 3.82. The van der Waals surface area contributed by atoms with Crippen molar-refractivity contribution in [2.24, 2.45) is 5.92 Å². The molecule has 2 heterocycles. The molecule has 0 aromatic carbocycles. The topological polar surface area (TPSA) is 68.2 Å². The summed E-state index contributed by atoms with van der Waals surface area (Å²) in [6.45, 7) is 8.81. The molecule has 0 aliphatic carbocycles. The van der Waals surface area contributed by atoms with Gasteiger partial charge in [0.2, 0.25) is 5.91 Å². The van der Waals surface area contributed by atoms with E-state index in [1.807, 2.05) is 16.9 Å². The van der Waals surface area contributed by atoms with Crippen molar-refractivity contribution in [3.63, 3.8) is 0 Å². The molecule has 1 amide bonds. The van der Waals surface area contributed by atoms with Gasteiger partial charge >= 0.3 is 0 Å². The van der Waals surface area contributed by atoms with Crippen molar-refractivity contribution >= 4 is 11.7 Å². The Morgan fingerprint density at radius 3 is 3.05 bits per heavy atom. The summed E-state index contributed by atoms with van der Waals surface area (Å²) in [6, 6.07) is 2.24. The summed E-state index contributed by atoms with van der Waals surface area (Å²) in [5.41, 5.74) is 0. The van der Waals surface area contributed by atoms with Crippen LogP contribution in [0.4, 0.5) is 5.82 Å². The zero-order chi connectivity index (χ0) is 15.9. The standard InChI is InChI=1S/C16H28N4O2/c1-12(2)10-13(3)22-9-6-16(21)18-15-5-8-20(19-15)14-4-7-17-11-14/h5,8,12-14,17H,4,6-7,9-11H2,1-3H3,(H,18,19,21). The van der Waals surface area contributed by atoms with E-state index in [9.17, 15) is 4.79 Å². The SMILES string of the molecule is CC(C)CC(C)OCCC(=O)Nc1ccn(C2CCNC2)n1. The Bertz CT molecular complexity index is 466. The molecule has 1 aromatic heterocycles. The predicted molar refractivity (Wildman–Crippen MR) is 86.9 cm³/mol. The second-order valence-corrected chi connectivity index (χ2v) is 6.44. The molecule has 2 N–H and O–H groups in total. The Kier molecular flexibility index (Phi) is 6.39. The molecular formula is C16H28N4O2. The molecule has 22 heavy (non-hydrogen) atoms. The van der Waals surface area contributed by atoms with E-state index in [-0.39, 0.29) is 12.0 Å². The number of ether oxygens (including phenoxy) is 1. The lowest BCUT2D eigenvalue weighted by Gasteiger charge is -2.14. The zero-order valence-electron chi connectivity index (χ0n) is 13.8. The molecule has 0 bridgehead atoms. The van der Waals surface area contributed by atoms with E-state index in [4.69, 9.17) is 4.74 Å². The van der Waals surface area contributed by atoms with E-state index < -0.39 is 0 Å². The Labute approximate surface area is 132 Å². The fourth-order valence-corrected chi connectivity index (χ4v) is 2.76. The smallest absolute Gasteiger partial charge is 0.227 e. The molecule has 1 saturated heterocycles. The minimum atomic E-state index is -0.0495. The summed E-state index contributed by atoms with van der Waals surface area (Å²) in [4.78, 5) is 11.9. The van der Waals surface area contributed by atoms with Gasteiger partial charge in [-0.05, 0) is 32.2 Å². The van der Waals surface area contributed by atoms with Gasteiger partial charge in [0.05, 0.1) is 25.2 Å². The Morgan fingerprint density at radius 1 is 1.55 bits per heavy atom. The first-order valence-electron chi connectivity index (χ1n) is 8.22. The van der Waals surface area contributed by atoms with Crippen molar-refractivity contribution in [2.45, 2.75) is 52.2 Å². The monoisotopic (exact) mass is 308 g/mol. The molecule has 1 fully saturated rings. The summed E-state index contributed by atoms with van der Waals surface area (Å²) < 4.78 is 7.58. The lowest BCUT2D eigenvalue weighted by atomic mass is 10.1. The van der Waals surface area contributed by atoms with Crippen molar-refractivity contribution in [1.82, 2.24) is 15.1 Å². The van der Waals surface area contributed by atoms with Crippen molar-refractivity contribution in [2.75, 3.05) is 25.0 Å². The van der Waals surface area contributed by atoms with Crippen molar-refractivity contribution in [3.8, 4) is 0 Å². The quantitative estimate of drug-likeness (QED) is 0.772. The molecule has 2 atom stereocenters. The van der Waals surface area contributed by atoms with Crippen molar-refractivity contribution in [1.29, 1.82) is 0 Å². The highest BCUT2D eigenvalue weighted by Crippen LogP contribution is 2.15. The Hall–Kier alpha value is -1.40. The van der Waals surface area contributed by atoms with Crippen LogP contribution in [0.5, 0.6) is 0 Å². The van der Waals surface area contributed by atoms with Gasteiger partial charge in [0.15, 0.2) is 5.82 Å². The van der Waals surface area contributed by atoms with Gasteiger partial charge < -0.3 is 15.4 Å². The second kappa shape index (κ2) is 8.29. The highest BCUT2D eigenvalue weighted by atomic mass is 16.5. The number of amides is 1. The van der Waals surface area contributed by atoms with E-state index in [1.54, 1.807) is 0 Å². The fraction of sp³-hybridized carbons (Fsp3) is 0.750. The predicted octanol–water partition coefficient (Wildman–Crippen LogP) is 2.20. The van der Waals surface area contributed by atoms with Gasteiger partial charge in [-0.15, -0.1) is 0 Å². The molecule has 6 nitrogen and oxygen atoms in total. The van der Waals surface area contributed by atoms with E-state index in [2.05, 4.69) is 36.5 Å². The number of aromatic nitrogens is 2. The molecule has 1 aliphatic heterocycles. The number of nitrogens with zero attached hydrogens (tertiary/aromatic N) is 2. The fourth-order valence-electron chi connectivity index (χ4n) is 2.76. The number of carbonyl (C=O) groups excluding carboxylic acids is 1. The molecule has 0 spiro atoms. The van der Waals surface area contributed by atoms with Crippen LogP contribution < -0.4 is 10.6 Å². The molecule has 0 radical (unpaired) electrons. The van der Waals surface area contributed by atoms with Gasteiger partial charge in [0.25, 0.3) is 0 Å². The van der Waals surface area contributed by atoms with Crippen LogP contribution in [0.1, 0.15) is 46.1 Å². The summed E-state index contributed by atoms with van der Waals surface area (Å²) in [5.74, 6) is 1.18. The highest BCUT2D eigenvalue weighted by molar-refractivity contribution is 5.89. The minimum absolute atomic E-state index is 0.0495. The molecule has 0 saturated carbocycles. The molecule has 124 valence electrons. The average Bonchev–Trinajstić information content (AvgIpc) is 3.07. The van der Waals surface area contributed by atoms with Gasteiger partial charge in [-0.25, -0.2) is 0 Å². The molecule has 1 aliphatic rings. The maximum atomic E-state index is 11.9. The number of anilines is 1. The van der Waals surface area contributed by atoms with Gasteiger partial charge in [0.1, 0.15) is 0 Å². The first kappa shape index (κ1) is 17.0. The molecule has 2 rings (SSSR count). The summed E-state index contributed by atoms with van der Waals surface area (Å²) >= 11 is 0. The first-order chi connectivity index (χ1) is 10.5. The summed E-state index contributed by atoms with van der Waals surface area (Å²) in [6.07, 6.45) is 4.58. The van der Waals surface area contributed by atoms with Gasteiger partial charge in [0, 0.05) is 18.8 Å². The third-order valence-corrected chi connectivity index (χ3v) is 3.82. The van der Waals surface area contributed by atoms with Crippen LogP contribution in [0, 0.1) is 5.92 Å². The first-order valence-corrected chi connectivity index (χ1v) is 8.22. The summed E-state index contributed by atoms with van der Waals surface area (Å²) in [7, 11) is 0. The number of hydrogen-bond acceptors (Lipinski definition) is 4. The van der Waals surface area contributed by atoms with E-state index in [0.29, 0.717) is 30.8 Å². The Balaban J connectivity index is 1.68. The maximum absolute atomic E-state index is 11.9. The molecule has 2 unspecified atom stereocenters. The molecule has 1 aromatic rings. The molecule has 6 heteroatoms. The van der Waals surface area contributed by atoms with Gasteiger partial charge in [-0.2, -0.15) is 5.10 Å². The normalized spacial score (nSPS) is 19.5. The van der Waals surface area contributed by atoms with E-state index in [0.717, 1.165) is 25.9 Å². The van der Waals surface area contributed by atoms with Crippen molar-refractivity contribution < 1.29 is 9.53 Å². The average molecular weight is 308 g/mol. The third kappa shape index (κ3) is 5.42. The minimum Gasteiger partial charge on any atom is -0.378 e. The second-order valence-electron chi connectivity index (χ2n) is 6.44. The van der Waals surface area contributed by atoms with Crippen LogP contribution in [0.15, 0.2) is 12.3 Å². The Morgan fingerprint density at radius 2 is 2.36 bits per heavy atom. The maximum Gasteiger partial charge on any atom is 0.227 e. The van der Waals surface area contributed by atoms with Crippen LogP contribution in [0.25, 0.3) is 0 Å². The van der Waals surface area contributed by atoms with Crippen LogP contribution in [-0.2, 0) is 9.53 Å². The van der Waals surface area contributed by atoms with Crippen LogP contribution in [-0.4, -0.2) is 41.5 Å². The van der Waals surface area contributed by atoms with Crippen LogP contribution >= 0.6 is 0 Å². The number of rotatable bonds is 8. The highest BCUT2D eigenvalue weighted by Gasteiger charge is 2.17. The van der Waals surface area contributed by atoms with E-state index >= 15 is 0 Å². The number of hydrogen-bond donors (Lipinski definition) is 2. The van der Waals surface area contributed by atoms with Crippen LogP contribution in [0.3, 0.4) is 0 Å². The molecular weight excluding hydrogens is 280 g/mol. The van der Waals surface area contributed by atoms with E-state index in [1.165, 1.54) is 0 Å². The summed E-state index contributed by atoms with van der Waals surface area (Å²) in [5, 5.41) is 10.6. The van der Waals surface area contributed by atoms with Crippen LogP contribution in [0.2, 0.25) is 0 Å². The number of carbonyl (C=O) groups is 1. The van der Waals surface area contributed by atoms with Gasteiger partial charge in [-0.1, -0.05) is 13.8 Å². The lowest BCUT2D eigenvalue weighted by Crippen LogP contribution is -2.18. The van der Waals surface area contributed by atoms with Crippen molar-refractivity contribution in [3.05, 3.63) is 12.3 Å². The largest absolute Gasteiger partial charge is 0.378 e. The van der Waals surface area contributed by atoms with Gasteiger partial charge in [-0.3, -0.25) is 9.48 Å².